The van der Waals surface area contributed by atoms with E-state index in [-0.39, 0.29) is 0 Å². The number of likely N-dealkylation sites (tertiary alicyclic amines) is 1. The van der Waals surface area contributed by atoms with Gasteiger partial charge in [0.2, 0.25) is 0 Å². The van der Waals surface area contributed by atoms with Crippen molar-refractivity contribution in [2.75, 3.05) is 20.1 Å². The molecule has 0 bridgehead atoms. The van der Waals surface area contributed by atoms with E-state index in [0.717, 1.165) is 6.54 Å². The standard InChI is InChI=1S/C9H15N.C2H6/c1-4-9-5-6-10(3)7-8(9)2;1-2/h4H,2,5-7H2,1,3H3;1-2H3/b9-4-;. The molecule has 1 aliphatic heterocycles. The SMILES string of the molecule is C=C1CN(C)CC/C1=C/C.CC. The van der Waals surface area contributed by atoms with Gasteiger partial charge in [-0.1, -0.05) is 26.5 Å². The van der Waals surface area contributed by atoms with Crippen molar-refractivity contribution in [3.63, 3.8) is 0 Å². The molecule has 0 unspecified atom stereocenters. The highest BCUT2D eigenvalue weighted by Gasteiger charge is 2.11. The van der Waals surface area contributed by atoms with Crippen LogP contribution in [0.4, 0.5) is 0 Å². The first-order chi connectivity index (χ1) is 5.74. The Morgan fingerprint density at radius 2 is 2.00 bits per heavy atom. The molecule has 12 heavy (non-hydrogen) atoms. The van der Waals surface area contributed by atoms with Gasteiger partial charge in [-0.3, -0.25) is 0 Å². The van der Waals surface area contributed by atoms with E-state index in [4.69, 9.17) is 0 Å². The fourth-order valence-corrected chi connectivity index (χ4v) is 1.34. The third-order valence-corrected chi connectivity index (χ3v) is 2.03. The molecule has 1 saturated heterocycles. The summed E-state index contributed by atoms with van der Waals surface area (Å²) in [6, 6.07) is 0. The van der Waals surface area contributed by atoms with Crippen LogP contribution in [0.5, 0.6) is 0 Å². The Morgan fingerprint density at radius 1 is 1.42 bits per heavy atom. The largest absolute Gasteiger partial charge is 0.302 e. The Hall–Kier alpha value is -0.560. The Bertz CT molecular complexity index is 168. The summed E-state index contributed by atoms with van der Waals surface area (Å²) < 4.78 is 0. The van der Waals surface area contributed by atoms with Crippen LogP contribution in [-0.4, -0.2) is 25.0 Å². The van der Waals surface area contributed by atoms with E-state index < -0.39 is 0 Å². The van der Waals surface area contributed by atoms with Crippen molar-refractivity contribution in [2.24, 2.45) is 0 Å². The van der Waals surface area contributed by atoms with Crippen LogP contribution in [0.25, 0.3) is 0 Å². The maximum Gasteiger partial charge on any atom is 0.0227 e. The summed E-state index contributed by atoms with van der Waals surface area (Å²) >= 11 is 0. The lowest BCUT2D eigenvalue weighted by Gasteiger charge is -2.25. The van der Waals surface area contributed by atoms with Gasteiger partial charge >= 0.3 is 0 Å². The lowest BCUT2D eigenvalue weighted by Crippen LogP contribution is -2.27. The first-order valence-electron chi connectivity index (χ1n) is 4.76. The molecular weight excluding hydrogens is 146 g/mol. The minimum Gasteiger partial charge on any atom is -0.302 e. The van der Waals surface area contributed by atoms with Crippen molar-refractivity contribution < 1.29 is 0 Å². The van der Waals surface area contributed by atoms with Crippen LogP contribution in [0, 0.1) is 0 Å². The van der Waals surface area contributed by atoms with Gasteiger partial charge in [-0.25, -0.2) is 0 Å². The predicted molar refractivity (Wildman–Crippen MR) is 56.4 cm³/mol. The third-order valence-electron chi connectivity index (χ3n) is 2.03. The predicted octanol–water partition coefficient (Wildman–Crippen LogP) is 2.85. The Morgan fingerprint density at radius 3 is 2.42 bits per heavy atom. The summed E-state index contributed by atoms with van der Waals surface area (Å²) in [4.78, 5) is 2.30. The molecule has 0 N–H and O–H groups in total. The van der Waals surface area contributed by atoms with Gasteiger partial charge in [0.05, 0.1) is 0 Å². The number of piperidine rings is 1. The number of likely N-dealkylation sites (N-methyl/N-ethyl adjacent to an activating group) is 1. The molecule has 1 heteroatoms. The molecule has 0 saturated carbocycles. The number of hydrogen-bond donors (Lipinski definition) is 0. The summed E-state index contributed by atoms with van der Waals surface area (Å²) in [6.45, 7) is 12.3. The van der Waals surface area contributed by atoms with Gasteiger partial charge in [0.25, 0.3) is 0 Å². The van der Waals surface area contributed by atoms with Crippen molar-refractivity contribution in [1.82, 2.24) is 4.90 Å². The molecule has 1 heterocycles. The second-order valence-electron chi connectivity index (χ2n) is 2.91. The van der Waals surface area contributed by atoms with E-state index in [9.17, 15) is 0 Å². The van der Waals surface area contributed by atoms with Crippen LogP contribution in [0.1, 0.15) is 27.2 Å². The Balaban J connectivity index is 0.000000561. The second kappa shape index (κ2) is 6.01. The van der Waals surface area contributed by atoms with E-state index in [0.29, 0.717) is 0 Å². The van der Waals surface area contributed by atoms with Crippen LogP contribution in [0.15, 0.2) is 23.8 Å². The highest BCUT2D eigenvalue weighted by atomic mass is 15.1. The van der Waals surface area contributed by atoms with Crippen molar-refractivity contribution >= 4 is 0 Å². The minimum absolute atomic E-state index is 1.04. The third kappa shape index (κ3) is 3.22. The van der Waals surface area contributed by atoms with Crippen molar-refractivity contribution in [3.05, 3.63) is 23.8 Å². The number of rotatable bonds is 0. The maximum atomic E-state index is 4.01. The zero-order valence-corrected chi connectivity index (χ0v) is 8.85. The Labute approximate surface area is 76.8 Å². The Kier molecular flexibility index (Phi) is 5.73. The van der Waals surface area contributed by atoms with E-state index in [1.54, 1.807) is 0 Å². The van der Waals surface area contributed by atoms with Crippen molar-refractivity contribution in [1.29, 1.82) is 0 Å². The van der Waals surface area contributed by atoms with Gasteiger partial charge in [-0.2, -0.15) is 0 Å². The molecule has 1 nitrogen and oxygen atoms in total. The van der Waals surface area contributed by atoms with Gasteiger partial charge in [0.15, 0.2) is 0 Å². The zero-order chi connectivity index (χ0) is 9.56. The summed E-state index contributed by atoms with van der Waals surface area (Å²) in [6.07, 6.45) is 3.35. The molecule has 0 aliphatic carbocycles. The molecule has 1 rings (SSSR count). The smallest absolute Gasteiger partial charge is 0.0227 e. The molecule has 0 aromatic rings. The van der Waals surface area contributed by atoms with Crippen LogP contribution in [-0.2, 0) is 0 Å². The topological polar surface area (TPSA) is 3.24 Å². The zero-order valence-electron chi connectivity index (χ0n) is 8.85. The van der Waals surface area contributed by atoms with Crippen LogP contribution >= 0.6 is 0 Å². The van der Waals surface area contributed by atoms with Crippen LogP contribution in [0.2, 0.25) is 0 Å². The summed E-state index contributed by atoms with van der Waals surface area (Å²) in [5, 5.41) is 0. The van der Waals surface area contributed by atoms with E-state index in [1.807, 2.05) is 13.8 Å². The average molecular weight is 167 g/mol. The number of allylic oxidation sites excluding steroid dienone is 1. The highest BCUT2D eigenvalue weighted by molar-refractivity contribution is 5.31. The molecule has 0 radical (unpaired) electrons. The maximum absolute atomic E-state index is 4.01. The lowest BCUT2D eigenvalue weighted by atomic mass is 10.00. The molecule has 1 aliphatic rings. The number of nitrogens with zero attached hydrogens (tertiary/aromatic N) is 1. The monoisotopic (exact) mass is 167 g/mol. The molecule has 70 valence electrons. The minimum atomic E-state index is 1.04. The highest BCUT2D eigenvalue weighted by Crippen LogP contribution is 2.18. The fraction of sp³-hybridized carbons (Fsp3) is 0.636. The van der Waals surface area contributed by atoms with Gasteiger partial charge in [-0.05, 0) is 31.5 Å². The molecule has 1 fully saturated rings. The first kappa shape index (κ1) is 11.4. The molecule has 0 spiro atoms. The van der Waals surface area contributed by atoms with Gasteiger partial charge in [0, 0.05) is 13.1 Å². The molecule has 0 aromatic carbocycles. The van der Waals surface area contributed by atoms with Crippen molar-refractivity contribution in [3.8, 4) is 0 Å². The first-order valence-corrected chi connectivity index (χ1v) is 4.76. The van der Waals surface area contributed by atoms with Crippen molar-refractivity contribution in [2.45, 2.75) is 27.2 Å². The normalized spacial score (nSPS) is 22.0. The quantitative estimate of drug-likeness (QED) is 0.536. The molecule has 0 amide bonds. The van der Waals surface area contributed by atoms with Gasteiger partial charge in [-0.15, -0.1) is 0 Å². The van der Waals surface area contributed by atoms with Crippen LogP contribution in [0.3, 0.4) is 0 Å². The fourth-order valence-electron chi connectivity index (χ4n) is 1.34. The second-order valence-corrected chi connectivity index (χ2v) is 2.91. The van der Waals surface area contributed by atoms with E-state index >= 15 is 0 Å². The molecule has 0 aromatic heterocycles. The van der Waals surface area contributed by atoms with Gasteiger partial charge < -0.3 is 4.90 Å². The molecular formula is C11H21N. The van der Waals surface area contributed by atoms with E-state index in [1.165, 1.54) is 24.1 Å². The summed E-state index contributed by atoms with van der Waals surface area (Å²) in [7, 11) is 2.14. The number of hydrogen-bond acceptors (Lipinski definition) is 1. The lowest BCUT2D eigenvalue weighted by molar-refractivity contribution is 0.348. The summed E-state index contributed by atoms with van der Waals surface area (Å²) in [5.41, 5.74) is 2.73. The van der Waals surface area contributed by atoms with E-state index in [2.05, 4.69) is 31.5 Å². The molecule has 0 atom stereocenters. The van der Waals surface area contributed by atoms with Crippen LogP contribution < -0.4 is 0 Å². The average Bonchev–Trinajstić information content (AvgIpc) is 2.08. The summed E-state index contributed by atoms with van der Waals surface area (Å²) in [5.74, 6) is 0. The van der Waals surface area contributed by atoms with Gasteiger partial charge in [0.1, 0.15) is 0 Å².